The molecular weight excluding hydrogens is 444 g/mol. The van der Waals surface area contributed by atoms with Gasteiger partial charge in [-0.15, -0.1) is 0 Å². The van der Waals surface area contributed by atoms with E-state index in [0.29, 0.717) is 12.8 Å². The van der Waals surface area contributed by atoms with Crippen LogP contribution >= 0.6 is 0 Å². The van der Waals surface area contributed by atoms with Crippen LogP contribution in [0.4, 0.5) is 4.79 Å². The van der Waals surface area contributed by atoms with E-state index in [2.05, 4.69) is 34.9 Å². The van der Waals surface area contributed by atoms with Crippen molar-refractivity contribution in [2.75, 3.05) is 13.2 Å². The number of fused-ring (bicyclic) bond motifs is 3. The first kappa shape index (κ1) is 26.3. The van der Waals surface area contributed by atoms with Gasteiger partial charge in [-0.3, -0.25) is 9.59 Å². The van der Waals surface area contributed by atoms with E-state index in [1.807, 2.05) is 45.0 Å². The van der Waals surface area contributed by atoms with Gasteiger partial charge >= 0.3 is 12.1 Å². The second-order valence-electron chi connectivity index (χ2n) is 9.63. The molecule has 7 heteroatoms. The zero-order valence-corrected chi connectivity index (χ0v) is 20.8. The summed E-state index contributed by atoms with van der Waals surface area (Å²) in [5, 5.41) is 14.9. The molecule has 1 aliphatic rings. The normalized spacial score (nSPS) is 14.1. The molecule has 0 aromatic heterocycles. The topological polar surface area (TPSA) is 105 Å². The number of carbonyl (C=O) groups is 3. The highest BCUT2D eigenvalue weighted by molar-refractivity contribution is 5.80. The van der Waals surface area contributed by atoms with Crippen molar-refractivity contribution in [3.05, 3.63) is 59.7 Å². The van der Waals surface area contributed by atoms with Crippen molar-refractivity contribution in [2.45, 2.75) is 58.4 Å². The molecule has 188 valence electrons. The molecule has 2 amide bonds. The molecule has 0 saturated carbocycles. The number of nitrogens with one attached hydrogen (secondary N) is 2. The Morgan fingerprint density at radius 1 is 1.00 bits per heavy atom. The molecule has 1 aliphatic carbocycles. The lowest BCUT2D eigenvalue weighted by atomic mass is 9.97. The van der Waals surface area contributed by atoms with Gasteiger partial charge in [0.25, 0.3) is 0 Å². The van der Waals surface area contributed by atoms with Crippen molar-refractivity contribution < 1.29 is 24.2 Å². The van der Waals surface area contributed by atoms with Crippen LogP contribution in [0, 0.1) is 11.8 Å². The molecule has 0 saturated heterocycles. The lowest BCUT2D eigenvalue weighted by Gasteiger charge is -2.20. The lowest BCUT2D eigenvalue weighted by Crippen LogP contribution is -2.41. The van der Waals surface area contributed by atoms with Crippen LogP contribution < -0.4 is 10.6 Å². The van der Waals surface area contributed by atoms with Gasteiger partial charge in [-0.2, -0.15) is 0 Å². The summed E-state index contributed by atoms with van der Waals surface area (Å²) in [4.78, 5) is 36.5. The molecule has 3 rings (SSSR count). The smallest absolute Gasteiger partial charge is 0.407 e. The second kappa shape index (κ2) is 12.4. The molecule has 0 radical (unpaired) electrons. The molecule has 0 spiro atoms. The van der Waals surface area contributed by atoms with Gasteiger partial charge in [0.2, 0.25) is 5.91 Å². The van der Waals surface area contributed by atoms with Crippen LogP contribution in [0.3, 0.4) is 0 Å². The first-order valence-electron chi connectivity index (χ1n) is 12.4. The number of carboxylic acid groups (broad SMARTS) is 1. The molecule has 2 aromatic carbocycles. The van der Waals surface area contributed by atoms with E-state index < -0.39 is 18.0 Å². The van der Waals surface area contributed by atoms with Gasteiger partial charge in [0.05, 0.1) is 5.92 Å². The number of amides is 2. The average molecular weight is 481 g/mol. The van der Waals surface area contributed by atoms with Crippen molar-refractivity contribution in [2.24, 2.45) is 11.8 Å². The molecule has 3 N–H and O–H groups in total. The zero-order valence-electron chi connectivity index (χ0n) is 20.8. The van der Waals surface area contributed by atoms with Crippen molar-refractivity contribution >= 4 is 18.0 Å². The van der Waals surface area contributed by atoms with E-state index in [0.717, 1.165) is 28.7 Å². The largest absolute Gasteiger partial charge is 0.481 e. The van der Waals surface area contributed by atoms with Crippen LogP contribution in [0.2, 0.25) is 0 Å². The van der Waals surface area contributed by atoms with Gasteiger partial charge in [0.15, 0.2) is 0 Å². The summed E-state index contributed by atoms with van der Waals surface area (Å²) in [7, 11) is 0. The fourth-order valence-electron chi connectivity index (χ4n) is 4.75. The molecule has 0 fully saturated rings. The summed E-state index contributed by atoms with van der Waals surface area (Å²) < 4.78 is 5.61. The lowest BCUT2D eigenvalue weighted by molar-refractivity contribution is -0.142. The van der Waals surface area contributed by atoms with E-state index in [9.17, 15) is 19.5 Å². The molecule has 0 bridgehead atoms. The van der Waals surface area contributed by atoms with Crippen molar-refractivity contribution in [1.29, 1.82) is 0 Å². The number of aliphatic carboxylic acids is 1. The van der Waals surface area contributed by atoms with E-state index >= 15 is 0 Å². The minimum Gasteiger partial charge on any atom is -0.481 e. The number of carbonyl (C=O) groups excluding carboxylic acids is 2. The number of benzene rings is 2. The Morgan fingerprint density at radius 3 is 2.14 bits per heavy atom. The van der Waals surface area contributed by atoms with Crippen LogP contribution in [0.15, 0.2) is 48.5 Å². The third-order valence-corrected chi connectivity index (χ3v) is 6.39. The van der Waals surface area contributed by atoms with Gasteiger partial charge in [-0.05, 0) is 41.0 Å². The third-order valence-electron chi connectivity index (χ3n) is 6.39. The Balaban J connectivity index is 1.54. The quantitative estimate of drug-likeness (QED) is 0.399. The average Bonchev–Trinajstić information content (AvgIpc) is 3.14. The zero-order chi connectivity index (χ0) is 25.4. The Hall–Kier alpha value is -3.35. The fraction of sp³-hybridized carbons (Fsp3) is 0.464. The predicted molar refractivity (Wildman–Crippen MR) is 135 cm³/mol. The van der Waals surface area contributed by atoms with Crippen molar-refractivity contribution in [3.63, 3.8) is 0 Å². The first-order chi connectivity index (χ1) is 16.8. The third kappa shape index (κ3) is 7.07. The maximum absolute atomic E-state index is 12.6. The number of hydrogen-bond acceptors (Lipinski definition) is 4. The Labute approximate surface area is 207 Å². The Kier molecular flexibility index (Phi) is 9.29. The van der Waals surface area contributed by atoms with Crippen molar-refractivity contribution in [1.82, 2.24) is 10.6 Å². The van der Waals surface area contributed by atoms with Crippen LogP contribution in [0.5, 0.6) is 0 Å². The van der Waals surface area contributed by atoms with Crippen LogP contribution in [-0.4, -0.2) is 42.3 Å². The summed E-state index contributed by atoms with van der Waals surface area (Å²) >= 11 is 0. The molecule has 1 unspecified atom stereocenters. The molecule has 0 heterocycles. The molecule has 0 aliphatic heterocycles. The predicted octanol–water partition coefficient (Wildman–Crippen LogP) is 4.95. The molecule has 2 aromatic rings. The number of rotatable bonds is 12. The highest BCUT2D eigenvalue weighted by Gasteiger charge is 2.29. The highest BCUT2D eigenvalue weighted by Crippen LogP contribution is 2.44. The number of alkyl carbamates (subject to hydrolysis) is 1. The molecule has 35 heavy (non-hydrogen) atoms. The van der Waals surface area contributed by atoms with E-state index in [4.69, 9.17) is 4.74 Å². The standard InChI is InChI=1S/C28H36N2O5/c1-4-9-20(15-26(31)29-16-19(27(32)33)14-18(2)3)30-28(34)35-17-25-23-12-7-5-10-21(23)22-11-6-8-13-24(22)25/h5-8,10-13,18-20,25H,4,9,14-17H2,1-3H3,(H,29,31)(H,30,34)(H,32,33)/t19?,20-/m1/s1. The maximum Gasteiger partial charge on any atom is 0.407 e. The monoisotopic (exact) mass is 480 g/mol. The van der Waals surface area contributed by atoms with Crippen molar-refractivity contribution in [3.8, 4) is 11.1 Å². The summed E-state index contributed by atoms with van der Waals surface area (Å²) in [6, 6.07) is 15.9. The highest BCUT2D eigenvalue weighted by atomic mass is 16.5. The van der Waals surface area contributed by atoms with Crippen LogP contribution in [0.25, 0.3) is 11.1 Å². The van der Waals surface area contributed by atoms with Crippen LogP contribution in [-0.2, 0) is 14.3 Å². The first-order valence-corrected chi connectivity index (χ1v) is 12.4. The Morgan fingerprint density at radius 2 is 1.60 bits per heavy atom. The van der Waals surface area contributed by atoms with E-state index in [1.165, 1.54) is 0 Å². The van der Waals surface area contributed by atoms with Gasteiger partial charge in [0, 0.05) is 24.9 Å². The minimum absolute atomic E-state index is 0.0324. The molecule has 2 atom stereocenters. The van der Waals surface area contributed by atoms with Crippen LogP contribution in [0.1, 0.15) is 63.5 Å². The summed E-state index contributed by atoms with van der Waals surface area (Å²) in [5.41, 5.74) is 4.60. The van der Waals surface area contributed by atoms with Gasteiger partial charge in [-0.25, -0.2) is 4.79 Å². The van der Waals surface area contributed by atoms with E-state index in [1.54, 1.807) is 0 Å². The van der Waals surface area contributed by atoms with Gasteiger partial charge in [-0.1, -0.05) is 75.7 Å². The Bertz CT molecular complexity index is 990. The number of hydrogen-bond donors (Lipinski definition) is 3. The fourth-order valence-corrected chi connectivity index (χ4v) is 4.75. The maximum atomic E-state index is 12.6. The molecule has 7 nitrogen and oxygen atoms in total. The van der Waals surface area contributed by atoms with E-state index in [-0.39, 0.29) is 43.4 Å². The summed E-state index contributed by atoms with van der Waals surface area (Å²) in [6.45, 7) is 6.17. The van der Waals surface area contributed by atoms with Gasteiger partial charge in [0.1, 0.15) is 6.61 Å². The minimum atomic E-state index is -0.916. The molecular formula is C28H36N2O5. The number of ether oxygens (including phenoxy) is 1. The second-order valence-corrected chi connectivity index (χ2v) is 9.63. The SMILES string of the molecule is CCC[C@H](CC(=O)NCC(CC(C)C)C(=O)O)NC(=O)OCC1c2ccccc2-c2ccccc21. The van der Waals surface area contributed by atoms with Gasteiger partial charge < -0.3 is 20.5 Å². The number of carboxylic acids is 1. The summed E-state index contributed by atoms with van der Waals surface area (Å²) in [6.07, 6.45) is 1.41. The summed E-state index contributed by atoms with van der Waals surface area (Å²) in [5.74, 6) is -1.64.